The third-order valence-corrected chi connectivity index (χ3v) is 6.86. The third kappa shape index (κ3) is 3.96. The average molecular weight is 414 g/mol. The highest BCUT2D eigenvalue weighted by molar-refractivity contribution is 7.10. The predicted octanol–water partition coefficient (Wildman–Crippen LogP) is 2.10. The molecule has 2 saturated heterocycles. The second-order valence-electron chi connectivity index (χ2n) is 7.89. The minimum Gasteiger partial charge on any atom is -0.378 e. The van der Waals surface area contributed by atoms with Gasteiger partial charge in [-0.3, -0.25) is 4.79 Å². The van der Waals surface area contributed by atoms with Gasteiger partial charge in [0.2, 0.25) is 11.9 Å². The molecule has 0 bridgehead atoms. The molecule has 0 atom stereocenters. The first-order chi connectivity index (χ1) is 14.3. The van der Waals surface area contributed by atoms with Crippen LogP contribution in [0.2, 0.25) is 0 Å². The molecule has 0 aromatic carbocycles. The minimum absolute atomic E-state index is 0.197. The number of aromatic nitrogens is 2. The fourth-order valence-corrected chi connectivity index (χ4v) is 5.06. The molecule has 1 amide bonds. The van der Waals surface area contributed by atoms with Gasteiger partial charge in [0.1, 0.15) is 5.82 Å². The average Bonchev–Trinajstić information content (AvgIpc) is 3.47. The van der Waals surface area contributed by atoms with E-state index in [-0.39, 0.29) is 5.91 Å². The number of ether oxygens (including phenoxy) is 1. The van der Waals surface area contributed by atoms with Crippen LogP contribution in [-0.2, 0) is 28.9 Å². The fraction of sp³-hybridized carbons (Fsp3) is 0.571. The lowest BCUT2D eigenvalue weighted by atomic mass is 10.0. The summed E-state index contributed by atoms with van der Waals surface area (Å²) in [7, 11) is 0. The van der Waals surface area contributed by atoms with E-state index in [1.54, 1.807) is 11.3 Å². The van der Waals surface area contributed by atoms with Crippen molar-refractivity contribution in [2.75, 3.05) is 55.7 Å². The number of hydrogen-bond acceptors (Lipinski definition) is 7. The molecule has 8 heteroatoms. The Bertz CT molecular complexity index is 860. The number of nitrogens with zero attached hydrogens (tertiary/aromatic N) is 5. The van der Waals surface area contributed by atoms with Gasteiger partial charge in [-0.2, -0.15) is 4.98 Å². The lowest BCUT2D eigenvalue weighted by Gasteiger charge is -2.34. The van der Waals surface area contributed by atoms with Crippen molar-refractivity contribution in [3.8, 4) is 0 Å². The van der Waals surface area contributed by atoms with Gasteiger partial charge in [0, 0.05) is 49.6 Å². The van der Waals surface area contributed by atoms with Crippen LogP contribution in [0.3, 0.4) is 0 Å². The quantitative estimate of drug-likeness (QED) is 0.765. The van der Waals surface area contributed by atoms with Crippen LogP contribution < -0.4 is 9.80 Å². The zero-order valence-electron chi connectivity index (χ0n) is 16.7. The second-order valence-corrected chi connectivity index (χ2v) is 8.92. The molecule has 0 N–H and O–H groups in total. The number of hydrogen-bond donors (Lipinski definition) is 0. The van der Waals surface area contributed by atoms with E-state index in [9.17, 15) is 4.79 Å². The molecule has 2 aromatic rings. The number of morpholine rings is 1. The number of carbonyl (C=O) groups is 1. The number of rotatable bonds is 4. The van der Waals surface area contributed by atoms with Crippen LogP contribution in [0.25, 0.3) is 0 Å². The summed E-state index contributed by atoms with van der Waals surface area (Å²) in [4.78, 5) is 30.6. The van der Waals surface area contributed by atoms with Crippen molar-refractivity contribution >= 4 is 29.0 Å². The molecular weight excluding hydrogens is 386 g/mol. The molecule has 3 aliphatic heterocycles. The lowest BCUT2D eigenvalue weighted by molar-refractivity contribution is -0.131. The van der Waals surface area contributed by atoms with Gasteiger partial charge in [-0.25, -0.2) is 4.98 Å². The summed E-state index contributed by atoms with van der Waals surface area (Å²) in [5.41, 5.74) is 2.26. The number of anilines is 2. The van der Waals surface area contributed by atoms with Crippen LogP contribution in [-0.4, -0.2) is 66.7 Å². The van der Waals surface area contributed by atoms with Gasteiger partial charge in [0.25, 0.3) is 0 Å². The molecule has 2 aromatic heterocycles. The Morgan fingerprint density at radius 2 is 1.90 bits per heavy atom. The molecule has 0 unspecified atom stereocenters. The highest BCUT2D eigenvalue weighted by Crippen LogP contribution is 2.31. The Labute approximate surface area is 175 Å². The largest absolute Gasteiger partial charge is 0.378 e. The monoisotopic (exact) mass is 413 g/mol. The van der Waals surface area contributed by atoms with Crippen molar-refractivity contribution in [2.45, 2.75) is 32.2 Å². The first-order valence-corrected chi connectivity index (χ1v) is 11.4. The van der Waals surface area contributed by atoms with Crippen LogP contribution in [0.15, 0.2) is 17.5 Å². The molecule has 154 valence electrons. The first-order valence-electron chi connectivity index (χ1n) is 10.6. The SMILES string of the molecule is O=C(Cc1cccs1)N1CCc2nc(N3CCOCC3)nc(N3CCCC3)c2C1. The molecular formula is C21H27N5O2S. The Kier molecular flexibility index (Phi) is 5.37. The summed E-state index contributed by atoms with van der Waals surface area (Å²) < 4.78 is 5.50. The van der Waals surface area contributed by atoms with Gasteiger partial charge in [-0.05, 0) is 24.3 Å². The van der Waals surface area contributed by atoms with E-state index < -0.39 is 0 Å². The highest BCUT2D eigenvalue weighted by Gasteiger charge is 2.30. The molecule has 2 fully saturated rings. The van der Waals surface area contributed by atoms with Gasteiger partial charge in [-0.1, -0.05) is 6.07 Å². The normalized spacial score (nSPS) is 19.5. The van der Waals surface area contributed by atoms with Crippen molar-refractivity contribution < 1.29 is 9.53 Å². The van der Waals surface area contributed by atoms with Gasteiger partial charge >= 0.3 is 0 Å². The molecule has 29 heavy (non-hydrogen) atoms. The topological polar surface area (TPSA) is 61.8 Å². The zero-order valence-corrected chi connectivity index (χ0v) is 17.5. The van der Waals surface area contributed by atoms with E-state index >= 15 is 0 Å². The smallest absolute Gasteiger partial charge is 0.228 e. The Morgan fingerprint density at radius 1 is 1.07 bits per heavy atom. The van der Waals surface area contributed by atoms with Crippen molar-refractivity contribution in [3.63, 3.8) is 0 Å². The van der Waals surface area contributed by atoms with E-state index in [1.165, 1.54) is 12.8 Å². The summed E-state index contributed by atoms with van der Waals surface area (Å²) in [5.74, 6) is 2.07. The van der Waals surface area contributed by atoms with Crippen LogP contribution in [0.1, 0.15) is 29.0 Å². The van der Waals surface area contributed by atoms with Crippen molar-refractivity contribution in [1.29, 1.82) is 0 Å². The Balaban J connectivity index is 1.42. The molecule has 0 spiro atoms. The standard InChI is InChI=1S/C21H27N5O2S/c27-19(14-16-4-3-13-29-16)26-8-5-18-17(15-26)20(24-6-1-2-7-24)23-21(22-18)25-9-11-28-12-10-25/h3-4,13H,1-2,5-12,14-15H2. The molecule has 3 aliphatic rings. The van der Waals surface area contributed by atoms with Crippen LogP contribution >= 0.6 is 11.3 Å². The summed E-state index contributed by atoms with van der Waals surface area (Å²) in [6.45, 7) is 6.55. The molecule has 5 heterocycles. The molecule has 0 radical (unpaired) electrons. The van der Waals surface area contributed by atoms with Gasteiger partial charge in [0.15, 0.2) is 0 Å². The predicted molar refractivity (Wildman–Crippen MR) is 114 cm³/mol. The number of carbonyl (C=O) groups excluding carboxylic acids is 1. The maximum atomic E-state index is 12.9. The van der Waals surface area contributed by atoms with Gasteiger partial charge in [-0.15, -0.1) is 11.3 Å². The first kappa shape index (κ1) is 18.8. The third-order valence-electron chi connectivity index (χ3n) is 5.98. The van der Waals surface area contributed by atoms with Gasteiger partial charge in [0.05, 0.1) is 31.9 Å². The molecule has 0 saturated carbocycles. The minimum atomic E-state index is 0.197. The summed E-state index contributed by atoms with van der Waals surface area (Å²) in [6.07, 6.45) is 3.68. The second kappa shape index (κ2) is 8.28. The van der Waals surface area contributed by atoms with Crippen molar-refractivity contribution in [2.24, 2.45) is 0 Å². The van der Waals surface area contributed by atoms with E-state index in [2.05, 4.69) is 9.80 Å². The van der Waals surface area contributed by atoms with E-state index in [4.69, 9.17) is 14.7 Å². The van der Waals surface area contributed by atoms with Crippen LogP contribution in [0, 0.1) is 0 Å². The van der Waals surface area contributed by atoms with Crippen LogP contribution in [0.5, 0.6) is 0 Å². The van der Waals surface area contributed by atoms with Crippen molar-refractivity contribution in [3.05, 3.63) is 33.6 Å². The zero-order chi connectivity index (χ0) is 19.6. The molecule has 7 nitrogen and oxygen atoms in total. The highest BCUT2D eigenvalue weighted by atomic mass is 32.1. The van der Waals surface area contributed by atoms with Crippen LogP contribution in [0.4, 0.5) is 11.8 Å². The lowest BCUT2D eigenvalue weighted by Crippen LogP contribution is -2.41. The Morgan fingerprint density at radius 3 is 2.66 bits per heavy atom. The molecule has 0 aliphatic carbocycles. The van der Waals surface area contributed by atoms with E-state index in [1.807, 2.05) is 22.4 Å². The fourth-order valence-electron chi connectivity index (χ4n) is 4.37. The maximum Gasteiger partial charge on any atom is 0.228 e. The summed E-state index contributed by atoms with van der Waals surface area (Å²) in [5, 5.41) is 2.03. The number of fused-ring (bicyclic) bond motifs is 1. The van der Waals surface area contributed by atoms with Crippen molar-refractivity contribution in [1.82, 2.24) is 14.9 Å². The summed E-state index contributed by atoms with van der Waals surface area (Å²) in [6, 6.07) is 4.04. The number of thiophene rings is 1. The van der Waals surface area contributed by atoms with Gasteiger partial charge < -0.3 is 19.4 Å². The van der Waals surface area contributed by atoms with E-state index in [0.29, 0.717) is 13.0 Å². The molecule has 5 rings (SSSR count). The van der Waals surface area contributed by atoms with E-state index in [0.717, 1.165) is 80.3 Å². The number of amides is 1. The summed E-state index contributed by atoms with van der Waals surface area (Å²) >= 11 is 1.65. The maximum absolute atomic E-state index is 12.9. The Hall–Kier alpha value is -2.19.